The van der Waals surface area contributed by atoms with Gasteiger partial charge in [0.2, 0.25) is 0 Å². The van der Waals surface area contributed by atoms with Crippen molar-refractivity contribution < 1.29 is 9.18 Å². The summed E-state index contributed by atoms with van der Waals surface area (Å²) in [6, 6.07) is 5.85. The molecule has 6 heteroatoms. The SMILES string of the molecule is CNC(=O)c1ccn(-c2ccc(F)cc2CN)n1. The van der Waals surface area contributed by atoms with Crippen molar-refractivity contribution in [1.29, 1.82) is 0 Å². The molecule has 3 N–H and O–H groups in total. The monoisotopic (exact) mass is 248 g/mol. The molecule has 2 aromatic rings. The first-order valence-electron chi connectivity index (χ1n) is 5.42. The number of nitrogens with zero attached hydrogens (tertiary/aromatic N) is 2. The molecule has 0 fully saturated rings. The van der Waals surface area contributed by atoms with Crippen molar-refractivity contribution in [3.8, 4) is 5.69 Å². The van der Waals surface area contributed by atoms with Crippen LogP contribution in [0.1, 0.15) is 16.1 Å². The molecule has 0 unspecified atom stereocenters. The largest absolute Gasteiger partial charge is 0.354 e. The van der Waals surface area contributed by atoms with Crippen LogP contribution in [0.2, 0.25) is 0 Å². The number of benzene rings is 1. The molecule has 0 radical (unpaired) electrons. The molecule has 0 saturated heterocycles. The number of hydrogen-bond donors (Lipinski definition) is 2. The average molecular weight is 248 g/mol. The number of carbonyl (C=O) groups is 1. The first-order valence-corrected chi connectivity index (χ1v) is 5.42. The molecule has 18 heavy (non-hydrogen) atoms. The smallest absolute Gasteiger partial charge is 0.271 e. The van der Waals surface area contributed by atoms with Crippen molar-refractivity contribution in [2.75, 3.05) is 7.05 Å². The average Bonchev–Trinajstić information content (AvgIpc) is 2.87. The summed E-state index contributed by atoms with van der Waals surface area (Å²) in [5, 5.41) is 6.60. The van der Waals surface area contributed by atoms with Crippen LogP contribution in [-0.4, -0.2) is 22.7 Å². The van der Waals surface area contributed by atoms with Crippen LogP contribution in [0, 0.1) is 5.82 Å². The van der Waals surface area contributed by atoms with E-state index in [0.717, 1.165) is 0 Å². The Labute approximate surface area is 103 Å². The molecule has 1 aromatic heterocycles. The fourth-order valence-corrected chi connectivity index (χ4v) is 1.65. The maximum atomic E-state index is 13.1. The summed E-state index contributed by atoms with van der Waals surface area (Å²) in [5.74, 6) is -0.622. The van der Waals surface area contributed by atoms with Crippen LogP contribution in [0.4, 0.5) is 4.39 Å². The molecular formula is C12H13FN4O. The molecule has 0 atom stereocenters. The van der Waals surface area contributed by atoms with E-state index in [1.807, 2.05) is 0 Å². The van der Waals surface area contributed by atoms with Gasteiger partial charge in [0.25, 0.3) is 5.91 Å². The highest BCUT2D eigenvalue weighted by Crippen LogP contribution is 2.15. The van der Waals surface area contributed by atoms with Gasteiger partial charge >= 0.3 is 0 Å². The van der Waals surface area contributed by atoms with Crippen molar-refractivity contribution in [3.05, 3.63) is 47.5 Å². The number of nitrogens with one attached hydrogen (secondary N) is 1. The van der Waals surface area contributed by atoms with Gasteiger partial charge in [0, 0.05) is 19.8 Å². The second-order valence-electron chi connectivity index (χ2n) is 3.70. The minimum absolute atomic E-state index is 0.197. The predicted octanol–water partition coefficient (Wildman–Crippen LogP) is 0.830. The number of amides is 1. The van der Waals surface area contributed by atoms with E-state index >= 15 is 0 Å². The van der Waals surface area contributed by atoms with Gasteiger partial charge in [0.1, 0.15) is 5.82 Å². The van der Waals surface area contributed by atoms with Gasteiger partial charge in [-0.25, -0.2) is 9.07 Å². The Morgan fingerprint density at radius 3 is 2.94 bits per heavy atom. The maximum absolute atomic E-state index is 13.1. The van der Waals surface area contributed by atoms with E-state index in [9.17, 15) is 9.18 Å². The number of carbonyl (C=O) groups excluding carboxylic acids is 1. The van der Waals surface area contributed by atoms with Crippen LogP contribution < -0.4 is 11.1 Å². The van der Waals surface area contributed by atoms with Gasteiger partial charge in [0.05, 0.1) is 5.69 Å². The molecule has 0 aliphatic carbocycles. The van der Waals surface area contributed by atoms with Crippen LogP contribution in [-0.2, 0) is 6.54 Å². The van der Waals surface area contributed by atoms with Crippen molar-refractivity contribution in [2.45, 2.75) is 6.54 Å². The molecule has 0 saturated carbocycles. The lowest BCUT2D eigenvalue weighted by atomic mass is 10.2. The highest BCUT2D eigenvalue weighted by molar-refractivity contribution is 5.91. The van der Waals surface area contributed by atoms with Crippen LogP contribution in [0.15, 0.2) is 30.5 Å². The van der Waals surface area contributed by atoms with E-state index in [1.165, 1.54) is 23.9 Å². The highest BCUT2D eigenvalue weighted by Gasteiger charge is 2.10. The number of hydrogen-bond acceptors (Lipinski definition) is 3. The molecule has 94 valence electrons. The third-order valence-electron chi connectivity index (χ3n) is 2.56. The third-order valence-corrected chi connectivity index (χ3v) is 2.56. The molecule has 1 aromatic carbocycles. The van der Waals surface area contributed by atoms with Gasteiger partial charge in [-0.2, -0.15) is 5.10 Å². The molecule has 0 spiro atoms. The van der Waals surface area contributed by atoms with E-state index in [0.29, 0.717) is 16.9 Å². The molecule has 5 nitrogen and oxygen atoms in total. The summed E-state index contributed by atoms with van der Waals surface area (Å²) in [4.78, 5) is 11.4. The van der Waals surface area contributed by atoms with Crippen molar-refractivity contribution in [3.63, 3.8) is 0 Å². The van der Waals surface area contributed by atoms with Crippen molar-refractivity contribution >= 4 is 5.91 Å². The van der Waals surface area contributed by atoms with Crippen LogP contribution in [0.25, 0.3) is 5.69 Å². The molecule has 1 amide bonds. The fraction of sp³-hybridized carbons (Fsp3) is 0.167. The summed E-state index contributed by atoms with van der Waals surface area (Å²) in [6.45, 7) is 0.197. The van der Waals surface area contributed by atoms with Gasteiger partial charge in [-0.1, -0.05) is 0 Å². The van der Waals surface area contributed by atoms with Gasteiger partial charge in [-0.05, 0) is 29.8 Å². The fourth-order valence-electron chi connectivity index (χ4n) is 1.65. The van der Waals surface area contributed by atoms with E-state index in [2.05, 4.69) is 10.4 Å². The quantitative estimate of drug-likeness (QED) is 0.845. The Bertz CT molecular complexity index is 579. The zero-order valence-electron chi connectivity index (χ0n) is 9.85. The van der Waals surface area contributed by atoms with Crippen LogP contribution >= 0.6 is 0 Å². The van der Waals surface area contributed by atoms with E-state index < -0.39 is 0 Å². The van der Waals surface area contributed by atoms with Gasteiger partial charge in [-0.15, -0.1) is 0 Å². The second kappa shape index (κ2) is 4.97. The van der Waals surface area contributed by atoms with Crippen molar-refractivity contribution in [1.82, 2.24) is 15.1 Å². The minimum Gasteiger partial charge on any atom is -0.354 e. The molecule has 0 aliphatic rings. The summed E-state index contributed by atoms with van der Waals surface area (Å²) < 4.78 is 14.6. The summed E-state index contributed by atoms with van der Waals surface area (Å²) in [5.41, 5.74) is 7.15. The number of halogens is 1. The Balaban J connectivity index is 2.42. The Kier molecular flexibility index (Phi) is 3.38. The van der Waals surface area contributed by atoms with Gasteiger partial charge in [-0.3, -0.25) is 4.79 Å². The molecule has 0 aliphatic heterocycles. The maximum Gasteiger partial charge on any atom is 0.271 e. The lowest BCUT2D eigenvalue weighted by molar-refractivity contribution is 0.0957. The zero-order valence-corrected chi connectivity index (χ0v) is 9.85. The lowest BCUT2D eigenvalue weighted by Crippen LogP contribution is -2.18. The molecular weight excluding hydrogens is 235 g/mol. The summed E-state index contributed by atoms with van der Waals surface area (Å²) in [6.07, 6.45) is 1.64. The number of nitrogens with two attached hydrogens (primary N) is 1. The topological polar surface area (TPSA) is 72.9 Å². The van der Waals surface area contributed by atoms with Crippen LogP contribution in [0.3, 0.4) is 0 Å². The lowest BCUT2D eigenvalue weighted by Gasteiger charge is -2.07. The van der Waals surface area contributed by atoms with Gasteiger partial charge < -0.3 is 11.1 Å². The Hall–Kier alpha value is -2.21. The Morgan fingerprint density at radius 2 is 2.28 bits per heavy atom. The summed E-state index contributed by atoms with van der Waals surface area (Å²) >= 11 is 0. The minimum atomic E-state index is -0.349. The van der Waals surface area contributed by atoms with Crippen LogP contribution in [0.5, 0.6) is 0 Å². The number of rotatable bonds is 3. The molecule has 2 rings (SSSR count). The van der Waals surface area contributed by atoms with E-state index in [-0.39, 0.29) is 18.3 Å². The highest BCUT2D eigenvalue weighted by atomic mass is 19.1. The number of aromatic nitrogens is 2. The first-order chi connectivity index (χ1) is 8.65. The third kappa shape index (κ3) is 2.23. The zero-order chi connectivity index (χ0) is 13.1. The normalized spacial score (nSPS) is 10.4. The Morgan fingerprint density at radius 1 is 1.50 bits per heavy atom. The standard InChI is InChI=1S/C12H13FN4O/c1-15-12(18)10-4-5-17(16-10)11-3-2-9(13)6-8(11)7-14/h2-6H,7,14H2,1H3,(H,15,18). The van der Waals surface area contributed by atoms with E-state index in [4.69, 9.17) is 5.73 Å². The van der Waals surface area contributed by atoms with Crippen molar-refractivity contribution in [2.24, 2.45) is 5.73 Å². The van der Waals surface area contributed by atoms with Gasteiger partial charge in [0.15, 0.2) is 5.69 Å². The molecule has 0 bridgehead atoms. The second-order valence-corrected chi connectivity index (χ2v) is 3.70. The van der Waals surface area contributed by atoms with E-state index in [1.54, 1.807) is 18.3 Å². The first kappa shape index (κ1) is 12.3. The predicted molar refractivity (Wildman–Crippen MR) is 64.8 cm³/mol. The summed E-state index contributed by atoms with van der Waals surface area (Å²) in [7, 11) is 1.53. The molecule has 1 heterocycles.